The van der Waals surface area contributed by atoms with Crippen molar-refractivity contribution in [1.82, 2.24) is 0 Å². The zero-order valence-electron chi connectivity index (χ0n) is 8.96. The van der Waals surface area contributed by atoms with Crippen LogP contribution in [0, 0.1) is 17.3 Å². The summed E-state index contributed by atoms with van der Waals surface area (Å²) in [5, 5.41) is 9.33. The first-order valence-electron chi connectivity index (χ1n) is 5.88. The summed E-state index contributed by atoms with van der Waals surface area (Å²) >= 11 is 0. The lowest BCUT2D eigenvalue weighted by Crippen LogP contribution is -2.41. The summed E-state index contributed by atoms with van der Waals surface area (Å²) in [5.74, 6) is -0.211. The van der Waals surface area contributed by atoms with E-state index in [1.165, 1.54) is 19.3 Å². The average Bonchev–Trinajstić information content (AvgIpc) is 2.53. The topological polar surface area (TPSA) is 37.3 Å². The Bertz CT molecular complexity index is 228. The zero-order chi connectivity index (χ0) is 10.2. The summed E-state index contributed by atoms with van der Waals surface area (Å²) in [6, 6.07) is 0. The van der Waals surface area contributed by atoms with E-state index in [0.29, 0.717) is 5.92 Å². The van der Waals surface area contributed by atoms with Crippen molar-refractivity contribution in [3.63, 3.8) is 0 Å². The molecule has 2 aliphatic rings. The molecule has 2 saturated carbocycles. The van der Waals surface area contributed by atoms with Crippen LogP contribution in [0.25, 0.3) is 0 Å². The Kier molecular flexibility index (Phi) is 2.54. The summed E-state index contributed by atoms with van der Waals surface area (Å²) in [6.07, 6.45) is 8.33. The molecule has 2 unspecified atom stereocenters. The van der Waals surface area contributed by atoms with Gasteiger partial charge in [-0.05, 0) is 37.0 Å². The van der Waals surface area contributed by atoms with Gasteiger partial charge in [0.1, 0.15) is 0 Å². The molecular weight excluding hydrogens is 176 g/mol. The van der Waals surface area contributed by atoms with Crippen LogP contribution in [0.1, 0.15) is 51.9 Å². The van der Waals surface area contributed by atoms with Gasteiger partial charge in [-0.25, -0.2) is 0 Å². The van der Waals surface area contributed by atoms with E-state index in [2.05, 4.69) is 6.92 Å². The zero-order valence-corrected chi connectivity index (χ0v) is 8.96. The first-order chi connectivity index (χ1) is 6.66. The third-order valence-corrected chi connectivity index (χ3v) is 4.43. The minimum atomic E-state index is -0.542. The lowest BCUT2D eigenvalue weighted by atomic mass is 9.61. The Balaban J connectivity index is 2.23. The van der Waals surface area contributed by atoms with Crippen molar-refractivity contribution in [2.45, 2.75) is 51.9 Å². The Labute approximate surface area is 85.7 Å². The molecule has 2 atom stereocenters. The summed E-state index contributed by atoms with van der Waals surface area (Å²) in [6.45, 7) is 2.12. The van der Waals surface area contributed by atoms with Gasteiger partial charge in [-0.3, -0.25) is 4.79 Å². The second-order valence-electron chi connectivity index (χ2n) is 5.25. The first kappa shape index (κ1) is 10.0. The lowest BCUT2D eigenvalue weighted by Gasteiger charge is -2.42. The molecule has 2 rings (SSSR count). The summed E-state index contributed by atoms with van der Waals surface area (Å²) in [5.41, 5.74) is 0.184. The Hall–Kier alpha value is -0.530. The normalized spacial score (nSPS) is 36.1. The van der Waals surface area contributed by atoms with Crippen molar-refractivity contribution in [3.05, 3.63) is 0 Å². The van der Waals surface area contributed by atoms with Crippen molar-refractivity contribution in [2.75, 3.05) is 0 Å². The van der Waals surface area contributed by atoms with Crippen LogP contribution in [0.3, 0.4) is 0 Å². The van der Waals surface area contributed by atoms with Gasteiger partial charge in [0, 0.05) is 0 Å². The van der Waals surface area contributed by atoms with Gasteiger partial charge in [0.25, 0.3) is 0 Å². The van der Waals surface area contributed by atoms with Gasteiger partial charge in [0.2, 0.25) is 0 Å². The molecule has 0 bridgehead atoms. The van der Waals surface area contributed by atoms with Crippen molar-refractivity contribution in [1.29, 1.82) is 0 Å². The molecule has 1 N–H and O–H groups in total. The van der Waals surface area contributed by atoms with Crippen molar-refractivity contribution in [2.24, 2.45) is 17.3 Å². The quantitative estimate of drug-likeness (QED) is 0.699. The maximum Gasteiger partial charge on any atom is 0.307 e. The minimum absolute atomic E-state index is 0.0567. The van der Waals surface area contributed by atoms with E-state index in [-0.39, 0.29) is 11.3 Å². The second-order valence-corrected chi connectivity index (χ2v) is 5.25. The third kappa shape index (κ3) is 1.45. The van der Waals surface area contributed by atoms with Gasteiger partial charge < -0.3 is 5.11 Å². The van der Waals surface area contributed by atoms with Gasteiger partial charge >= 0.3 is 5.97 Å². The number of carboxylic acids is 1. The summed E-state index contributed by atoms with van der Waals surface area (Å²) in [7, 11) is 0. The molecule has 2 nitrogen and oxygen atoms in total. The van der Waals surface area contributed by atoms with E-state index in [1.807, 2.05) is 0 Å². The Morgan fingerprint density at radius 1 is 1.21 bits per heavy atom. The highest BCUT2D eigenvalue weighted by atomic mass is 16.4. The van der Waals surface area contributed by atoms with E-state index in [1.54, 1.807) is 0 Å². The van der Waals surface area contributed by atoms with Crippen LogP contribution in [0.5, 0.6) is 0 Å². The van der Waals surface area contributed by atoms with Crippen LogP contribution >= 0.6 is 0 Å². The van der Waals surface area contributed by atoms with Crippen LogP contribution < -0.4 is 0 Å². The van der Waals surface area contributed by atoms with Crippen molar-refractivity contribution < 1.29 is 9.90 Å². The predicted molar refractivity (Wildman–Crippen MR) is 55.0 cm³/mol. The van der Waals surface area contributed by atoms with E-state index in [9.17, 15) is 9.90 Å². The van der Waals surface area contributed by atoms with Gasteiger partial charge in [-0.1, -0.05) is 26.2 Å². The van der Waals surface area contributed by atoms with E-state index in [4.69, 9.17) is 0 Å². The molecule has 2 aliphatic carbocycles. The largest absolute Gasteiger partial charge is 0.481 e. The van der Waals surface area contributed by atoms with Gasteiger partial charge in [-0.2, -0.15) is 0 Å². The van der Waals surface area contributed by atoms with Gasteiger partial charge in [-0.15, -0.1) is 0 Å². The molecule has 0 aromatic heterocycles. The first-order valence-corrected chi connectivity index (χ1v) is 5.88. The molecule has 0 aliphatic heterocycles. The lowest BCUT2D eigenvalue weighted by molar-refractivity contribution is -0.151. The number of rotatable bonds is 1. The third-order valence-electron chi connectivity index (χ3n) is 4.43. The molecule has 1 spiro atoms. The van der Waals surface area contributed by atoms with E-state index >= 15 is 0 Å². The average molecular weight is 196 g/mol. The van der Waals surface area contributed by atoms with Crippen LogP contribution in [0.15, 0.2) is 0 Å². The number of hydrogen-bond donors (Lipinski definition) is 1. The number of carboxylic acid groups (broad SMARTS) is 1. The number of hydrogen-bond acceptors (Lipinski definition) is 1. The Morgan fingerprint density at radius 3 is 2.36 bits per heavy atom. The van der Waals surface area contributed by atoms with Crippen LogP contribution in [0.4, 0.5) is 0 Å². The number of carbonyl (C=O) groups is 1. The molecule has 2 fully saturated rings. The summed E-state index contributed by atoms with van der Waals surface area (Å²) in [4.78, 5) is 11.3. The van der Waals surface area contributed by atoms with Crippen LogP contribution in [-0.4, -0.2) is 11.1 Å². The molecule has 0 aromatic carbocycles. The standard InChI is InChI=1S/C12H20O2/c1-9-5-4-8-12(6-2-3-7-12)10(9)11(13)14/h9-10H,2-8H2,1H3,(H,13,14). The molecule has 0 radical (unpaired) electrons. The molecule has 0 aromatic rings. The highest BCUT2D eigenvalue weighted by Gasteiger charge is 2.49. The maximum atomic E-state index is 11.3. The van der Waals surface area contributed by atoms with Crippen LogP contribution in [-0.2, 0) is 4.79 Å². The highest BCUT2D eigenvalue weighted by molar-refractivity contribution is 5.71. The SMILES string of the molecule is CC1CCCC2(CCCC2)C1C(=O)O. The van der Waals surface area contributed by atoms with Crippen molar-refractivity contribution >= 4 is 5.97 Å². The molecule has 80 valence electrons. The fourth-order valence-electron chi connectivity index (χ4n) is 3.85. The summed E-state index contributed by atoms with van der Waals surface area (Å²) < 4.78 is 0. The fourth-order valence-corrected chi connectivity index (χ4v) is 3.85. The smallest absolute Gasteiger partial charge is 0.307 e. The molecule has 0 amide bonds. The molecule has 14 heavy (non-hydrogen) atoms. The van der Waals surface area contributed by atoms with E-state index < -0.39 is 5.97 Å². The molecule has 0 saturated heterocycles. The Morgan fingerprint density at radius 2 is 1.79 bits per heavy atom. The molecule has 2 heteroatoms. The monoisotopic (exact) mass is 196 g/mol. The van der Waals surface area contributed by atoms with E-state index in [0.717, 1.165) is 25.7 Å². The predicted octanol–water partition coefficient (Wildman–Crippen LogP) is 3.07. The van der Waals surface area contributed by atoms with Gasteiger partial charge in [0.05, 0.1) is 5.92 Å². The fraction of sp³-hybridized carbons (Fsp3) is 0.917. The second kappa shape index (κ2) is 3.56. The van der Waals surface area contributed by atoms with Crippen LogP contribution in [0.2, 0.25) is 0 Å². The molecular formula is C12H20O2. The minimum Gasteiger partial charge on any atom is -0.481 e. The maximum absolute atomic E-state index is 11.3. The molecule has 0 heterocycles. The van der Waals surface area contributed by atoms with Crippen molar-refractivity contribution in [3.8, 4) is 0 Å². The van der Waals surface area contributed by atoms with Gasteiger partial charge in [0.15, 0.2) is 0 Å². The highest BCUT2D eigenvalue weighted by Crippen LogP contribution is 2.54. The number of aliphatic carboxylic acids is 1.